The molecule has 0 spiro atoms. The second-order valence-electron chi connectivity index (χ2n) is 4.10. The summed E-state index contributed by atoms with van der Waals surface area (Å²) in [7, 11) is 0. The molecule has 3 N–H and O–H groups in total. The van der Waals surface area contributed by atoms with Crippen LogP contribution in [0.5, 0.6) is 0 Å². The van der Waals surface area contributed by atoms with Crippen molar-refractivity contribution in [2.75, 3.05) is 11.1 Å². The number of hydrogen-bond donors (Lipinski definition) is 2. The molecule has 114 valence electrons. The van der Waals surface area contributed by atoms with Crippen LogP contribution in [0.2, 0.25) is 0 Å². The summed E-state index contributed by atoms with van der Waals surface area (Å²) in [5, 5.41) is 13.4. The lowest BCUT2D eigenvalue weighted by Crippen LogP contribution is -2.10. The van der Waals surface area contributed by atoms with E-state index in [0.717, 1.165) is 10.8 Å². The summed E-state index contributed by atoms with van der Waals surface area (Å²) in [6.07, 6.45) is 0. The fourth-order valence-corrected chi connectivity index (χ4v) is 2.61. The van der Waals surface area contributed by atoms with Crippen molar-refractivity contribution in [2.45, 2.75) is 0 Å². The monoisotopic (exact) mass is 340 g/mol. The molecule has 0 saturated carbocycles. The van der Waals surface area contributed by atoms with Gasteiger partial charge in [-0.05, 0) is 24.3 Å². The lowest BCUT2D eigenvalue weighted by Gasteiger charge is -1.96. The first-order valence-corrected chi connectivity index (χ1v) is 6.56. The van der Waals surface area contributed by atoms with Crippen molar-refractivity contribution >= 4 is 56.6 Å². The molecule has 3 aromatic rings. The van der Waals surface area contributed by atoms with Crippen LogP contribution in [0.25, 0.3) is 10.2 Å². The fourth-order valence-electron chi connectivity index (χ4n) is 1.70. The summed E-state index contributed by atoms with van der Waals surface area (Å²) < 4.78 is 5.65. The number of aromatic nitrogens is 1. The zero-order valence-electron chi connectivity index (χ0n) is 10.8. The van der Waals surface area contributed by atoms with Gasteiger partial charge >= 0.3 is 5.88 Å². The first kappa shape index (κ1) is 15.7. The molecule has 0 radical (unpaired) electrons. The second-order valence-corrected chi connectivity index (χ2v) is 5.13. The van der Waals surface area contributed by atoms with E-state index in [4.69, 9.17) is 10.2 Å². The maximum Gasteiger partial charge on any atom is 0.433 e. The van der Waals surface area contributed by atoms with Crippen LogP contribution >= 0.6 is 23.7 Å². The highest BCUT2D eigenvalue weighted by atomic mass is 35.5. The highest BCUT2D eigenvalue weighted by Gasteiger charge is 2.18. The minimum atomic E-state index is -0.711. The maximum absolute atomic E-state index is 11.9. The van der Waals surface area contributed by atoms with Crippen LogP contribution in [0.4, 0.5) is 16.7 Å². The predicted molar refractivity (Wildman–Crippen MR) is 84.6 cm³/mol. The van der Waals surface area contributed by atoms with E-state index in [9.17, 15) is 14.9 Å². The molecular weight excluding hydrogens is 332 g/mol. The average molecular weight is 341 g/mol. The molecular formula is C12H9ClN4O4S. The lowest BCUT2D eigenvalue weighted by atomic mass is 10.3. The van der Waals surface area contributed by atoms with Crippen LogP contribution in [0.1, 0.15) is 10.6 Å². The van der Waals surface area contributed by atoms with Gasteiger partial charge in [0, 0.05) is 5.69 Å². The summed E-state index contributed by atoms with van der Waals surface area (Å²) in [6, 6.07) is 7.56. The SMILES string of the molecule is Cl.Nc1ccc2nc(NC(=O)c3ccc([N+](=O)[O-])o3)sc2c1. The summed E-state index contributed by atoms with van der Waals surface area (Å²) in [6.45, 7) is 0. The van der Waals surface area contributed by atoms with Crippen molar-refractivity contribution in [2.24, 2.45) is 0 Å². The molecule has 0 aliphatic heterocycles. The van der Waals surface area contributed by atoms with Crippen LogP contribution in [0.15, 0.2) is 34.7 Å². The van der Waals surface area contributed by atoms with Gasteiger partial charge in [0.1, 0.15) is 4.92 Å². The van der Waals surface area contributed by atoms with Crippen molar-refractivity contribution in [3.63, 3.8) is 0 Å². The number of nitro groups is 1. The van der Waals surface area contributed by atoms with Crippen LogP contribution in [0.3, 0.4) is 0 Å². The number of halogens is 1. The van der Waals surface area contributed by atoms with E-state index in [1.165, 1.54) is 17.4 Å². The highest BCUT2D eigenvalue weighted by Crippen LogP contribution is 2.28. The minimum Gasteiger partial charge on any atom is -0.399 e. The normalized spacial score (nSPS) is 10.2. The Bertz CT molecular complexity index is 860. The van der Waals surface area contributed by atoms with Crippen molar-refractivity contribution in [1.82, 2.24) is 4.98 Å². The Morgan fingerprint density at radius 1 is 1.36 bits per heavy atom. The fraction of sp³-hybridized carbons (Fsp3) is 0. The second kappa shape index (κ2) is 6.00. The van der Waals surface area contributed by atoms with E-state index in [0.29, 0.717) is 16.3 Å². The van der Waals surface area contributed by atoms with Gasteiger partial charge in [0.25, 0.3) is 5.91 Å². The van der Waals surface area contributed by atoms with E-state index < -0.39 is 16.7 Å². The van der Waals surface area contributed by atoms with Gasteiger partial charge in [0.05, 0.1) is 16.3 Å². The predicted octanol–water partition coefficient (Wildman–Crippen LogP) is 3.05. The lowest BCUT2D eigenvalue weighted by molar-refractivity contribution is -0.402. The molecule has 0 saturated heterocycles. The molecule has 0 aliphatic rings. The number of hydrogen-bond acceptors (Lipinski definition) is 7. The molecule has 8 nitrogen and oxygen atoms in total. The van der Waals surface area contributed by atoms with Gasteiger partial charge in [-0.3, -0.25) is 20.2 Å². The first-order valence-electron chi connectivity index (χ1n) is 5.74. The molecule has 0 bridgehead atoms. The largest absolute Gasteiger partial charge is 0.433 e. The number of thiazole rings is 1. The molecule has 2 heterocycles. The molecule has 0 unspecified atom stereocenters. The van der Waals surface area contributed by atoms with E-state index >= 15 is 0 Å². The van der Waals surface area contributed by atoms with Crippen molar-refractivity contribution in [3.05, 3.63) is 46.2 Å². The summed E-state index contributed by atoms with van der Waals surface area (Å²) in [5.41, 5.74) is 6.98. The van der Waals surface area contributed by atoms with E-state index in [-0.39, 0.29) is 18.2 Å². The highest BCUT2D eigenvalue weighted by molar-refractivity contribution is 7.22. The Morgan fingerprint density at radius 3 is 2.82 bits per heavy atom. The number of rotatable bonds is 3. The van der Waals surface area contributed by atoms with E-state index in [1.807, 2.05) is 0 Å². The standard InChI is InChI=1S/C12H8N4O4S.ClH/c13-6-1-2-7-9(5-6)21-12(14-7)15-11(17)8-3-4-10(20-8)16(18)19;/h1-5H,13H2,(H,14,15,17);1H. The first-order chi connectivity index (χ1) is 10.0. The summed E-state index contributed by atoms with van der Waals surface area (Å²) in [5.74, 6) is -1.24. The Hall–Kier alpha value is -2.65. The third-order valence-corrected chi connectivity index (χ3v) is 3.56. The molecule has 1 aromatic carbocycles. The molecule has 1 amide bonds. The average Bonchev–Trinajstić information content (AvgIpc) is 3.03. The Kier molecular flexibility index (Phi) is 4.29. The third-order valence-electron chi connectivity index (χ3n) is 2.63. The molecule has 10 heteroatoms. The van der Waals surface area contributed by atoms with Gasteiger partial charge in [-0.25, -0.2) is 4.98 Å². The maximum atomic E-state index is 11.9. The number of anilines is 2. The van der Waals surface area contributed by atoms with Crippen LogP contribution < -0.4 is 11.1 Å². The summed E-state index contributed by atoms with van der Waals surface area (Å²) >= 11 is 1.25. The zero-order chi connectivity index (χ0) is 15.0. The van der Waals surface area contributed by atoms with Gasteiger partial charge < -0.3 is 10.2 Å². The van der Waals surface area contributed by atoms with Gasteiger partial charge in [-0.2, -0.15) is 0 Å². The number of fused-ring (bicyclic) bond motifs is 1. The number of nitrogens with one attached hydrogen (secondary N) is 1. The molecule has 22 heavy (non-hydrogen) atoms. The Morgan fingerprint density at radius 2 is 2.14 bits per heavy atom. The number of nitrogens with two attached hydrogens (primary N) is 1. The van der Waals surface area contributed by atoms with E-state index in [1.54, 1.807) is 18.2 Å². The van der Waals surface area contributed by atoms with Gasteiger partial charge in [0.15, 0.2) is 10.9 Å². The Balaban J connectivity index is 0.00000176. The van der Waals surface area contributed by atoms with Crippen molar-refractivity contribution < 1.29 is 14.1 Å². The van der Waals surface area contributed by atoms with Crippen molar-refractivity contribution in [3.8, 4) is 0 Å². The van der Waals surface area contributed by atoms with Crippen molar-refractivity contribution in [1.29, 1.82) is 0 Å². The molecule has 3 rings (SSSR count). The number of amides is 1. The number of carbonyl (C=O) groups is 1. The van der Waals surface area contributed by atoms with E-state index in [2.05, 4.69) is 10.3 Å². The molecule has 0 aliphatic carbocycles. The number of benzene rings is 1. The van der Waals surface area contributed by atoms with Crippen LogP contribution in [-0.4, -0.2) is 15.8 Å². The molecule has 0 fully saturated rings. The van der Waals surface area contributed by atoms with Crippen LogP contribution in [-0.2, 0) is 0 Å². The number of nitrogens with zero attached hydrogens (tertiary/aromatic N) is 2. The van der Waals surface area contributed by atoms with Gasteiger partial charge in [-0.15, -0.1) is 12.4 Å². The number of nitrogen functional groups attached to an aromatic ring is 1. The smallest absolute Gasteiger partial charge is 0.399 e. The molecule has 2 aromatic heterocycles. The van der Waals surface area contributed by atoms with Gasteiger partial charge in [-0.1, -0.05) is 11.3 Å². The van der Waals surface area contributed by atoms with Gasteiger partial charge in [0.2, 0.25) is 0 Å². The quantitative estimate of drug-likeness (QED) is 0.429. The summed E-state index contributed by atoms with van der Waals surface area (Å²) in [4.78, 5) is 25.9. The topological polar surface area (TPSA) is 124 Å². The molecule has 0 atom stereocenters. The third kappa shape index (κ3) is 3.00. The number of furan rings is 1. The Labute approximate surface area is 133 Å². The minimum absolute atomic E-state index is 0. The number of carbonyl (C=O) groups excluding carboxylic acids is 1. The van der Waals surface area contributed by atoms with Crippen LogP contribution in [0, 0.1) is 10.1 Å². The zero-order valence-corrected chi connectivity index (χ0v) is 12.4.